The standard InChI is InChI=1S/C27H52N2O4S.C2H6/c1-3-4-5-15-18-22-34-23-21-28-20-17-14-12-10-8-6-7-9-11-13-16-19-25(31)29-26(24(2)30)27(32)33;1-2/h21,23-24,26,28,30H,3-20,22H2,1-2H3,(H,29,31)(H,32,33);1-2H3/b23-21-;. The third kappa shape index (κ3) is 27.4. The topological polar surface area (TPSA) is 98.7 Å². The average molecular weight is 531 g/mol. The lowest BCUT2D eigenvalue weighted by atomic mass is 10.0. The van der Waals surface area contributed by atoms with Gasteiger partial charge in [0.25, 0.3) is 0 Å². The van der Waals surface area contributed by atoms with Crippen molar-refractivity contribution in [3.05, 3.63) is 11.6 Å². The summed E-state index contributed by atoms with van der Waals surface area (Å²) < 4.78 is 0. The van der Waals surface area contributed by atoms with E-state index in [0.717, 1.165) is 25.8 Å². The highest BCUT2D eigenvalue weighted by molar-refractivity contribution is 8.02. The zero-order valence-electron chi connectivity index (χ0n) is 23.9. The van der Waals surface area contributed by atoms with Crippen molar-refractivity contribution >= 4 is 23.6 Å². The van der Waals surface area contributed by atoms with Gasteiger partial charge >= 0.3 is 5.97 Å². The summed E-state index contributed by atoms with van der Waals surface area (Å²) in [6.45, 7) is 8.70. The Morgan fingerprint density at radius 1 is 0.806 bits per heavy atom. The fourth-order valence-electron chi connectivity index (χ4n) is 3.77. The van der Waals surface area contributed by atoms with Crippen molar-refractivity contribution in [2.75, 3.05) is 12.3 Å². The van der Waals surface area contributed by atoms with Crippen LogP contribution in [0.1, 0.15) is 137 Å². The first-order valence-electron chi connectivity index (χ1n) is 14.7. The van der Waals surface area contributed by atoms with E-state index in [2.05, 4.69) is 29.2 Å². The molecule has 1 amide bonds. The lowest BCUT2D eigenvalue weighted by Gasteiger charge is -2.16. The molecule has 0 aliphatic rings. The predicted octanol–water partition coefficient (Wildman–Crippen LogP) is 7.41. The van der Waals surface area contributed by atoms with Crippen molar-refractivity contribution in [1.29, 1.82) is 0 Å². The van der Waals surface area contributed by atoms with Crippen molar-refractivity contribution < 1.29 is 19.8 Å². The number of hydrogen-bond donors (Lipinski definition) is 4. The summed E-state index contributed by atoms with van der Waals surface area (Å²) in [5.74, 6) is -0.268. The van der Waals surface area contributed by atoms with Crippen molar-refractivity contribution in [3.8, 4) is 0 Å². The third-order valence-electron chi connectivity index (χ3n) is 5.94. The lowest BCUT2D eigenvalue weighted by Crippen LogP contribution is -2.47. The number of rotatable bonds is 25. The molecule has 0 heterocycles. The summed E-state index contributed by atoms with van der Waals surface area (Å²) in [7, 11) is 0. The van der Waals surface area contributed by atoms with Crippen molar-refractivity contribution in [2.45, 2.75) is 149 Å². The number of carbonyl (C=O) groups is 2. The molecule has 0 aliphatic heterocycles. The van der Waals surface area contributed by atoms with E-state index in [0.29, 0.717) is 6.42 Å². The number of thioether (sulfide) groups is 1. The summed E-state index contributed by atoms with van der Waals surface area (Å²) >= 11 is 1.91. The number of aliphatic hydroxyl groups excluding tert-OH is 1. The van der Waals surface area contributed by atoms with E-state index in [1.807, 2.05) is 25.6 Å². The zero-order valence-corrected chi connectivity index (χ0v) is 24.7. The van der Waals surface area contributed by atoms with E-state index in [9.17, 15) is 14.7 Å². The molecule has 6 nitrogen and oxygen atoms in total. The van der Waals surface area contributed by atoms with Gasteiger partial charge in [0.2, 0.25) is 5.91 Å². The van der Waals surface area contributed by atoms with E-state index in [1.165, 1.54) is 96.1 Å². The summed E-state index contributed by atoms with van der Waals surface area (Å²) in [6.07, 6.45) is 21.2. The maximum absolute atomic E-state index is 11.8. The van der Waals surface area contributed by atoms with Gasteiger partial charge < -0.3 is 20.8 Å². The van der Waals surface area contributed by atoms with Crippen molar-refractivity contribution in [3.63, 3.8) is 0 Å². The molecule has 0 saturated carbocycles. The van der Waals surface area contributed by atoms with Crippen LogP contribution in [0.15, 0.2) is 11.6 Å². The van der Waals surface area contributed by atoms with Crippen LogP contribution in [0.3, 0.4) is 0 Å². The molecule has 36 heavy (non-hydrogen) atoms. The van der Waals surface area contributed by atoms with Gasteiger partial charge in [-0.1, -0.05) is 104 Å². The Kier molecular flexibility index (Phi) is 30.8. The van der Waals surface area contributed by atoms with Gasteiger partial charge in [0.1, 0.15) is 0 Å². The second-order valence-electron chi connectivity index (χ2n) is 9.30. The Bertz CT molecular complexity index is 516. The minimum Gasteiger partial charge on any atom is -0.480 e. The van der Waals surface area contributed by atoms with Crippen LogP contribution in [0.2, 0.25) is 0 Å². The fourth-order valence-corrected chi connectivity index (χ4v) is 4.47. The monoisotopic (exact) mass is 530 g/mol. The van der Waals surface area contributed by atoms with Crippen LogP contribution in [-0.2, 0) is 9.59 Å². The Morgan fingerprint density at radius 3 is 1.83 bits per heavy atom. The van der Waals surface area contributed by atoms with Crippen LogP contribution in [0.25, 0.3) is 0 Å². The number of carbonyl (C=O) groups excluding carboxylic acids is 1. The van der Waals surface area contributed by atoms with Gasteiger partial charge in [0, 0.05) is 19.2 Å². The summed E-state index contributed by atoms with van der Waals surface area (Å²) in [6, 6.07) is -1.22. The molecular weight excluding hydrogens is 472 g/mol. The van der Waals surface area contributed by atoms with E-state index in [1.54, 1.807) is 0 Å². The number of nitrogens with one attached hydrogen (secondary N) is 2. The van der Waals surface area contributed by atoms with E-state index in [-0.39, 0.29) is 5.91 Å². The smallest absolute Gasteiger partial charge is 0.328 e. The molecular formula is C29H58N2O4S. The molecule has 0 rings (SSSR count). The van der Waals surface area contributed by atoms with E-state index >= 15 is 0 Å². The van der Waals surface area contributed by atoms with E-state index in [4.69, 9.17) is 5.11 Å². The maximum Gasteiger partial charge on any atom is 0.328 e. The molecule has 0 spiro atoms. The Labute approximate surface area is 226 Å². The molecule has 0 saturated heterocycles. The molecule has 214 valence electrons. The molecule has 0 aromatic carbocycles. The number of carboxylic acids is 1. The third-order valence-corrected chi connectivity index (χ3v) is 6.79. The Morgan fingerprint density at radius 2 is 1.31 bits per heavy atom. The van der Waals surface area contributed by atoms with Gasteiger partial charge in [0.15, 0.2) is 6.04 Å². The first-order chi connectivity index (χ1) is 17.5. The van der Waals surface area contributed by atoms with Crippen LogP contribution < -0.4 is 10.6 Å². The number of carboxylic acid groups (broad SMARTS) is 1. The van der Waals surface area contributed by atoms with Gasteiger partial charge in [-0.05, 0) is 37.3 Å². The molecule has 0 aromatic rings. The van der Waals surface area contributed by atoms with Gasteiger partial charge in [0.05, 0.1) is 6.10 Å². The van der Waals surface area contributed by atoms with Crippen LogP contribution in [0.5, 0.6) is 0 Å². The van der Waals surface area contributed by atoms with Crippen molar-refractivity contribution in [1.82, 2.24) is 10.6 Å². The quantitative estimate of drug-likeness (QED) is 0.0917. The second kappa shape index (κ2) is 30.0. The van der Waals surface area contributed by atoms with Gasteiger partial charge in [-0.25, -0.2) is 4.79 Å². The van der Waals surface area contributed by atoms with Crippen LogP contribution in [-0.4, -0.2) is 46.5 Å². The number of aliphatic hydroxyl groups is 1. The van der Waals surface area contributed by atoms with Gasteiger partial charge in [-0.15, -0.1) is 11.8 Å². The minimum atomic E-state index is -1.22. The SMILES string of the molecule is CC.CCCCCCCS/C=C\NCCCCCCCCCCCCCC(=O)NC(C(=O)O)C(C)O. The number of unbranched alkanes of at least 4 members (excludes halogenated alkanes) is 14. The van der Waals surface area contributed by atoms with Crippen molar-refractivity contribution in [2.24, 2.45) is 0 Å². The van der Waals surface area contributed by atoms with Gasteiger partial charge in [-0.3, -0.25) is 4.79 Å². The molecule has 0 aromatic heterocycles. The average Bonchev–Trinajstić information content (AvgIpc) is 2.86. The predicted molar refractivity (Wildman–Crippen MR) is 156 cm³/mol. The molecule has 0 radical (unpaired) electrons. The molecule has 4 N–H and O–H groups in total. The summed E-state index contributed by atoms with van der Waals surface area (Å²) in [5.41, 5.74) is 0. The minimum absolute atomic E-state index is 0.299. The molecule has 7 heteroatoms. The Balaban J connectivity index is 0. The molecule has 2 unspecified atom stereocenters. The van der Waals surface area contributed by atoms with Crippen LogP contribution in [0.4, 0.5) is 0 Å². The highest BCUT2D eigenvalue weighted by Crippen LogP contribution is 2.12. The first-order valence-corrected chi connectivity index (χ1v) is 15.7. The highest BCUT2D eigenvalue weighted by Gasteiger charge is 2.24. The normalized spacial score (nSPS) is 12.6. The molecule has 0 fully saturated rings. The summed E-state index contributed by atoms with van der Waals surface area (Å²) in [4.78, 5) is 22.7. The van der Waals surface area contributed by atoms with E-state index < -0.39 is 18.1 Å². The summed E-state index contributed by atoms with van der Waals surface area (Å²) in [5, 5.41) is 26.3. The largest absolute Gasteiger partial charge is 0.480 e. The molecule has 0 bridgehead atoms. The zero-order chi connectivity index (χ0) is 27.3. The maximum atomic E-state index is 11.8. The molecule has 2 atom stereocenters. The number of aliphatic carboxylic acids is 1. The number of amides is 1. The highest BCUT2D eigenvalue weighted by atomic mass is 32.2. The van der Waals surface area contributed by atoms with Crippen LogP contribution in [0, 0.1) is 0 Å². The van der Waals surface area contributed by atoms with Gasteiger partial charge in [-0.2, -0.15) is 0 Å². The Hall–Kier alpha value is -1.21. The fraction of sp³-hybridized carbons (Fsp3) is 0.862. The molecule has 0 aliphatic carbocycles. The lowest BCUT2D eigenvalue weighted by molar-refractivity contribution is -0.144. The number of hydrogen-bond acceptors (Lipinski definition) is 5. The van der Waals surface area contributed by atoms with Crippen LogP contribution >= 0.6 is 11.8 Å². The first kappa shape index (κ1) is 36.9. The second-order valence-corrected chi connectivity index (χ2v) is 10.3.